The van der Waals surface area contributed by atoms with Crippen LogP contribution in [-0.2, 0) is 6.42 Å². The van der Waals surface area contributed by atoms with Crippen LogP contribution >= 0.6 is 11.8 Å². The zero-order valence-electron chi connectivity index (χ0n) is 23.6. The Labute approximate surface area is 247 Å². The summed E-state index contributed by atoms with van der Waals surface area (Å²) in [5.74, 6) is 0. The summed E-state index contributed by atoms with van der Waals surface area (Å²) in [4.78, 5) is 2.56. The van der Waals surface area contributed by atoms with Crippen molar-refractivity contribution in [2.24, 2.45) is 0 Å². The number of nitrogens with zero attached hydrogens (tertiary/aromatic N) is 1. The van der Waals surface area contributed by atoms with E-state index in [2.05, 4.69) is 146 Å². The summed E-state index contributed by atoms with van der Waals surface area (Å²) in [5.41, 5.74) is 15.4. The molecule has 5 aromatic carbocycles. The summed E-state index contributed by atoms with van der Waals surface area (Å²) in [6.45, 7) is 5.72. The second-order valence-corrected chi connectivity index (χ2v) is 12.9. The largest absolute Gasteiger partial charge is 0.341 e. The molecule has 1 aliphatic heterocycles. The van der Waals surface area contributed by atoms with Gasteiger partial charge in [0.05, 0.1) is 10.5 Å². The second kappa shape index (κ2) is 9.82. The normalized spacial score (nSPS) is 19.0. The maximum atomic E-state index is 2.56. The van der Waals surface area contributed by atoms with E-state index < -0.39 is 0 Å². The first kappa shape index (κ1) is 24.8. The average molecular weight is 548 g/mol. The Hall–Kier alpha value is -4.01. The smallest absolute Gasteiger partial charge is 0.0523 e. The molecule has 2 heteroatoms. The van der Waals surface area contributed by atoms with Crippen LogP contribution in [-0.4, -0.2) is 6.54 Å². The van der Waals surface area contributed by atoms with Gasteiger partial charge in [-0.15, -0.1) is 11.8 Å². The van der Waals surface area contributed by atoms with Crippen LogP contribution in [0.25, 0.3) is 34.1 Å². The number of hydrogen-bond acceptors (Lipinski definition) is 2. The molecule has 8 rings (SSSR count). The number of para-hydroxylation sites is 1. The van der Waals surface area contributed by atoms with Crippen LogP contribution in [0, 0.1) is 0 Å². The molecule has 2 aliphatic carbocycles. The SMILES string of the molecule is CC1=Cc2c(-c3cccc4ccccc34)cccc2C1SC1C(C)=Cc2c1cccc2N1CCCc2ccccc21. The van der Waals surface area contributed by atoms with Crippen molar-refractivity contribution in [3.63, 3.8) is 0 Å². The van der Waals surface area contributed by atoms with E-state index in [9.17, 15) is 0 Å². The highest BCUT2D eigenvalue weighted by atomic mass is 32.2. The van der Waals surface area contributed by atoms with Gasteiger partial charge in [0.2, 0.25) is 0 Å². The van der Waals surface area contributed by atoms with Gasteiger partial charge in [0.25, 0.3) is 0 Å². The number of hydrogen-bond donors (Lipinski definition) is 0. The van der Waals surface area contributed by atoms with Crippen LogP contribution in [0.2, 0.25) is 0 Å². The molecule has 41 heavy (non-hydrogen) atoms. The van der Waals surface area contributed by atoms with Crippen molar-refractivity contribution >= 4 is 46.1 Å². The van der Waals surface area contributed by atoms with Crippen molar-refractivity contribution in [2.75, 3.05) is 11.4 Å². The molecular weight excluding hydrogens is 515 g/mol. The molecule has 2 unspecified atom stereocenters. The van der Waals surface area contributed by atoms with Crippen LogP contribution in [0.3, 0.4) is 0 Å². The van der Waals surface area contributed by atoms with Gasteiger partial charge in [-0.25, -0.2) is 0 Å². The maximum absolute atomic E-state index is 2.56. The summed E-state index contributed by atoms with van der Waals surface area (Å²) in [6, 6.07) is 38.2. The first-order valence-electron chi connectivity index (χ1n) is 14.8. The molecular formula is C39H33NS. The first-order valence-corrected chi connectivity index (χ1v) is 15.7. The van der Waals surface area contributed by atoms with E-state index >= 15 is 0 Å². The fraction of sp³-hybridized carbons (Fsp3) is 0.179. The zero-order valence-corrected chi connectivity index (χ0v) is 24.4. The van der Waals surface area contributed by atoms with Crippen LogP contribution < -0.4 is 4.90 Å². The molecule has 0 saturated heterocycles. The van der Waals surface area contributed by atoms with Crippen LogP contribution in [0.15, 0.2) is 114 Å². The summed E-state index contributed by atoms with van der Waals surface area (Å²) in [6.07, 6.45) is 7.27. The highest BCUT2D eigenvalue weighted by Crippen LogP contribution is 2.57. The molecule has 0 N–H and O–H groups in total. The minimum absolute atomic E-state index is 0.346. The molecule has 200 valence electrons. The van der Waals surface area contributed by atoms with Crippen LogP contribution in [0.4, 0.5) is 11.4 Å². The van der Waals surface area contributed by atoms with Crippen LogP contribution in [0.5, 0.6) is 0 Å². The molecule has 1 heterocycles. The first-order chi connectivity index (χ1) is 20.2. The Morgan fingerprint density at radius 2 is 1.24 bits per heavy atom. The van der Waals surface area contributed by atoms with Gasteiger partial charge in [-0.2, -0.15) is 0 Å². The third kappa shape index (κ3) is 4.00. The summed E-state index contributed by atoms with van der Waals surface area (Å²) < 4.78 is 0. The molecule has 3 aliphatic rings. The van der Waals surface area contributed by atoms with Gasteiger partial charge in [0, 0.05) is 23.5 Å². The van der Waals surface area contributed by atoms with Gasteiger partial charge < -0.3 is 4.90 Å². The van der Waals surface area contributed by atoms with E-state index in [4.69, 9.17) is 0 Å². The molecule has 0 spiro atoms. The number of benzene rings is 5. The fourth-order valence-corrected chi connectivity index (χ4v) is 8.78. The third-order valence-electron chi connectivity index (χ3n) is 9.15. The van der Waals surface area contributed by atoms with Gasteiger partial charge in [-0.3, -0.25) is 0 Å². The average Bonchev–Trinajstić information content (AvgIpc) is 3.51. The molecule has 0 bridgehead atoms. The monoisotopic (exact) mass is 547 g/mol. The lowest BCUT2D eigenvalue weighted by Crippen LogP contribution is -2.25. The van der Waals surface area contributed by atoms with Crippen molar-refractivity contribution in [1.82, 2.24) is 0 Å². The Bertz CT molecular complexity index is 1890. The van der Waals surface area contributed by atoms with Gasteiger partial charge in [0.1, 0.15) is 0 Å². The predicted molar refractivity (Wildman–Crippen MR) is 178 cm³/mol. The number of fused-ring (bicyclic) bond motifs is 4. The quantitative estimate of drug-likeness (QED) is 0.220. The fourth-order valence-electron chi connectivity index (χ4n) is 7.24. The summed E-state index contributed by atoms with van der Waals surface area (Å²) >= 11 is 2.11. The standard InChI is InChI=1S/C39H33NS/c1-25-23-34-31(30-16-7-13-27-11-3-5-15-29(27)30)17-8-18-32(34)38(25)41-39-26(2)24-35-33(39)19-9-21-37(35)40-22-10-14-28-12-4-6-20-36(28)40/h3-9,11-13,15-21,23-24,38-39H,10,14,22H2,1-2H3. The van der Waals surface area contributed by atoms with E-state index in [0.29, 0.717) is 10.5 Å². The second-order valence-electron chi connectivity index (χ2n) is 11.7. The van der Waals surface area contributed by atoms with E-state index in [1.807, 2.05) is 0 Å². The molecule has 0 amide bonds. The van der Waals surface area contributed by atoms with Crippen LogP contribution in [0.1, 0.15) is 58.6 Å². The van der Waals surface area contributed by atoms with Gasteiger partial charge >= 0.3 is 0 Å². The van der Waals surface area contributed by atoms with Crippen molar-refractivity contribution in [2.45, 2.75) is 37.2 Å². The number of thioether (sulfide) groups is 1. The summed E-state index contributed by atoms with van der Waals surface area (Å²) in [5, 5.41) is 3.31. The van der Waals surface area contributed by atoms with Gasteiger partial charge in [-0.05, 0) is 83.0 Å². The Kier molecular flexibility index (Phi) is 5.93. The Morgan fingerprint density at radius 3 is 2.12 bits per heavy atom. The van der Waals surface area contributed by atoms with Crippen molar-refractivity contribution in [3.05, 3.63) is 142 Å². The molecule has 0 fully saturated rings. The maximum Gasteiger partial charge on any atom is 0.0523 e. The molecule has 0 aromatic heterocycles. The molecule has 5 aromatic rings. The zero-order chi connectivity index (χ0) is 27.5. The molecule has 1 nitrogen and oxygen atoms in total. The Balaban J connectivity index is 1.16. The van der Waals surface area contributed by atoms with Crippen molar-refractivity contribution in [3.8, 4) is 11.1 Å². The van der Waals surface area contributed by atoms with Crippen molar-refractivity contribution in [1.29, 1.82) is 0 Å². The molecule has 0 radical (unpaired) electrons. The topological polar surface area (TPSA) is 3.24 Å². The van der Waals surface area contributed by atoms with Crippen molar-refractivity contribution < 1.29 is 0 Å². The Morgan fingerprint density at radius 1 is 0.610 bits per heavy atom. The van der Waals surface area contributed by atoms with E-state index in [1.165, 1.54) is 85.1 Å². The highest BCUT2D eigenvalue weighted by Gasteiger charge is 2.33. The lowest BCUT2D eigenvalue weighted by molar-refractivity contribution is 0.766. The lowest BCUT2D eigenvalue weighted by Gasteiger charge is -2.33. The lowest BCUT2D eigenvalue weighted by atomic mass is 9.93. The minimum atomic E-state index is 0.346. The number of rotatable bonds is 4. The van der Waals surface area contributed by atoms with Gasteiger partial charge in [-0.1, -0.05) is 114 Å². The van der Waals surface area contributed by atoms with E-state index in [0.717, 1.165) is 6.54 Å². The third-order valence-corrected chi connectivity index (χ3v) is 10.9. The minimum Gasteiger partial charge on any atom is -0.341 e. The number of anilines is 2. The summed E-state index contributed by atoms with van der Waals surface area (Å²) in [7, 11) is 0. The number of aryl methyl sites for hydroxylation is 1. The predicted octanol–water partition coefficient (Wildman–Crippen LogP) is 10.9. The highest BCUT2D eigenvalue weighted by molar-refractivity contribution is 8.00. The van der Waals surface area contributed by atoms with E-state index in [1.54, 1.807) is 0 Å². The van der Waals surface area contributed by atoms with Gasteiger partial charge in [0.15, 0.2) is 0 Å². The molecule has 0 saturated carbocycles. The molecule has 2 atom stereocenters. The van der Waals surface area contributed by atoms with E-state index in [-0.39, 0.29) is 0 Å².